The summed E-state index contributed by atoms with van der Waals surface area (Å²) in [6.07, 6.45) is 4.29. The fourth-order valence-electron chi connectivity index (χ4n) is 3.54. The number of rotatable bonds is 12. The topological polar surface area (TPSA) is 114 Å². The summed E-state index contributed by atoms with van der Waals surface area (Å²) < 4.78 is 33.7. The van der Waals surface area contributed by atoms with Crippen LogP contribution in [0.5, 0.6) is 5.75 Å². The number of hydrogen-bond acceptors (Lipinski definition) is 6. The Bertz CT molecular complexity index is 1260. The van der Waals surface area contributed by atoms with E-state index >= 15 is 0 Å². The first kappa shape index (κ1) is 25.3. The lowest BCUT2D eigenvalue weighted by atomic mass is 10.1. The van der Waals surface area contributed by atoms with Gasteiger partial charge in [-0.25, -0.2) is 8.42 Å². The summed E-state index contributed by atoms with van der Waals surface area (Å²) in [4.78, 5) is 28.6. The number of para-hydroxylation sites is 1. The standard InChI is InChI=1S/C25H29N3O5S/c1-18(29)9-4-3-5-14-24(28-34(31,32)22-12-8-11-21(16-22)33-2)25(30)27-20-15-19-10-6-7-13-23(19)26-17-20/h6-8,10-13,15-17,24,28H,3-5,9,14H2,1-2H3,(H,27,30)/t24-/m0/s1. The molecule has 3 rings (SSSR count). The molecule has 0 radical (unpaired) electrons. The van der Waals surface area contributed by atoms with Gasteiger partial charge in [-0.1, -0.05) is 37.1 Å². The largest absolute Gasteiger partial charge is 0.497 e. The Morgan fingerprint density at radius 3 is 2.59 bits per heavy atom. The van der Waals surface area contributed by atoms with Crippen LogP contribution in [0.25, 0.3) is 10.9 Å². The number of Topliss-reactive ketones (excluding diaryl/α,β-unsaturated/α-hetero) is 1. The monoisotopic (exact) mass is 483 g/mol. The Kier molecular flexibility index (Phi) is 8.72. The molecule has 2 aromatic carbocycles. The maximum absolute atomic E-state index is 13.1. The third-order valence-electron chi connectivity index (χ3n) is 5.35. The number of benzene rings is 2. The lowest BCUT2D eigenvalue weighted by Gasteiger charge is -2.19. The highest BCUT2D eigenvalue weighted by Crippen LogP contribution is 2.20. The molecular weight excluding hydrogens is 454 g/mol. The molecule has 2 N–H and O–H groups in total. The van der Waals surface area contributed by atoms with E-state index in [2.05, 4.69) is 15.0 Å². The molecule has 0 fully saturated rings. The van der Waals surface area contributed by atoms with Gasteiger partial charge in [0.1, 0.15) is 17.6 Å². The quantitative estimate of drug-likeness (QED) is 0.375. The van der Waals surface area contributed by atoms with Gasteiger partial charge in [0.2, 0.25) is 15.9 Å². The van der Waals surface area contributed by atoms with Crippen molar-refractivity contribution in [1.82, 2.24) is 9.71 Å². The van der Waals surface area contributed by atoms with Crippen LogP contribution >= 0.6 is 0 Å². The number of carbonyl (C=O) groups is 2. The normalized spacial score (nSPS) is 12.3. The minimum atomic E-state index is -3.98. The number of nitrogens with zero attached hydrogens (tertiary/aromatic N) is 1. The number of nitrogens with one attached hydrogen (secondary N) is 2. The third-order valence-corrected chi connectivity index (χ3v) is 6.81. The molecule has 3 aromatic rings. The highest BCUT2D eigenvalue weighted by molar-refractivity contribution is 7.89. The van der Waals surface area contributed by atoms with Gasteiger partial charge in [-0.2, -0.15) is 4.72 Å². The van der Waals surface area contributed by atoms with Gasteiger partial charge in [-0.15, -0.1) is 0 Å². The van der Waals surface area contributed by atoms with Gasteiger partial charge in [0.15, 0.2) is 0 Å². The van der Waals surface area contributed by atoms with E-state index in [1.807, 2.05) is 24.3 Å². The predicted octanol–water partition coefficient (Wildman–Crippen LogP) is 4.07. The van der Waals surface area contributed by atoms with E-state index in [9.17, 15) is 18.0 Å². The predicted molar refractivity (Wildman–Crippen MR) is 131 cm³/mol. The molecule has 8 nitrogen and oxygen atoms in total. The van der Waals surface area contributed by atoms with Crippen LogP contribution in [0.3, 0.4) is 0 Å². The van der Waals surface area contributed by atoms with Crippen LogP contribution in [-0.4, -0.2) is 38.2 Å². The number of fused-ring (bicyclic) bond motifs is 1. The molecule has 1 heterocycles. The molecule has 0 unspecified atom stereocenters. The van der Waals surface area contributed by atoms with Crippen LogP contribution in [0.15, 0.2) is 65.7 Å². The van der Waals surface area contributed by atoms with E-state index in [1.165, 1.54) is 26.2 Å². The van der Waals surface area contributed by atoms with E-state index in [4.69, 9.17) is 4.74 Å². The summed E-state index contributed by atoms with van der Waals surface area (Å²) in [5.41, 5.74) is 1.27. The first-order valence-electron chi connectivity index (χ1n) is 11.1. The van der Waals surface area contributed by atoms with Crippen molar-refractivity contribution in [3.63, 3.8) is 0 Å². The van der Waals surface area contributed by atoms with Crippen molar-refractivity contribution in [2.75, 3.05) is 12.4 Å². The van der Waals surface area contributed by atoms with Crippen molar-refractivity contribution in [2.45, 2.75) is 50.0 Å². The van der Waals surface area contributed by atoms with Crippen LogP contribution in [0.1, 0.15) is 39.0 Å². The van der Waals surface area contributed by atoms with Crippen molar-refractivity contribution in [2.24, 2.45) is 0 Å². The zero-order valence-corrected chi connectivity index (χ0v) is 20.1. The number of anilines is 1. The SMILES string of the molecule is COc1cccc(S(=O)(=O)N[C@@H](CCCCCC(C)=O)C(=O)Nc2cnc3ccccc3c2)c1. The molecule has 0 bridgehead atoms. The molecule has 1 aromatic heterocycles. The van der Waals surface area contributed by atoms with Crippen molar-refractivity contribution in [3.8, 4) is 5.75 Å². The first-order chi connectivity index (χ1) is 16.3. The summed E-state index contributed by atoms with van der Waals surface area (Å²) in [7, 11) is -2.53. The second kappa shape index (κ2) is 11.7. The number of hydrogen-bond donors (Lipinski definition) is 2. The van der Waals surface area contributed by atoms with Crippen molar-refractivity contribution >= 4 is 38.3 Å². The maximum atomic E-state index is 13.1. The second-order valence-electron chi connectivity index (χ2n) is 8.06. The summed E-state index contributed by atoms with van der Waals surface area (Å²) in [5.74, 6) is 0.0299. The van der Waals surface area contributed by atoms with Crippen LogP contribution in [0.4, 0.5) is 5.69 Å². The number of ketones is 1. The van der Waals surface area contributed by atoms with Gasteiger partial charge in [-0.3, -0.25) is 9.78 Å². The number of carbonyl (C=O) groups excluding carboxylic acids is 2. The molecule has 180 valence electrons. The molecule has 1 amide bonds. The van der Waals surface area contributed by atoms with Crippen LogP contribution in [0.2, 0.25) is 0 Å². The number of ether oxygens (including phenoxy) is 1. The molecule has 0 aliphatic heterocycles. The lowest BCUT2D eigenvalue weighted by Crippen LogP contribution is -2.43. The van der Waals surface area contributed by atoms with E-state index in [-0.39, 0.29) is 17.1 Å². The molecule has 0 spiro atoms. The lowest BCUT2D eigenvalue weighted by molar-refractivity contribution is -0.118. The Hall–Kier alpha value is -3.30. The van der Waals surface area contributed by atoms with Crippen molar-refractivity contribution < 1.29 is 22.7 Å². The van der Waals surface area contributed by atoms with Crippen molar-refractivity contribution in [3.05, 3.63) is 60.8 Å². The van der Waals surface area contributed by atoms with Gasteiger partial charge in [-0.05, 0) is 44.0 Å². The molecule has 9 heteroatoms. The van der Waals surface area contributed by atoms with E-state index in [1.54, 1.807) is 24.4 Å². The zero-order valence-electron chi connectivity index (χ0n) is 19.3. The van der Waals surface area contributed by atoms with E-state index < -0.39 is 22.0 Å². The van der Waals surface area contributed by atoms with Gasteiger partial charge in [0, 0.05) is 17.9 Å². The Balaban J connectivity index is 1.76. The van der Waals surface area contributed by atoms with Gasteiger partial charge < -0.3 is 14.8 Å². The number of aromatic nitrogens is 1. The summed E-state index contributed by atoms with van der Waals surface area (Å²) >= 11 is 0. The minimum Gasteiger partial charge on any atom is -0.497 e. The smallest absolute Gasteiger partial charge is 0.242 e. The van der Waals surface area contributed by atoms with Gasteiger partial charge in [0.05, 0.1) is 29.4 Å². The van der Waals surface area contributed by atoms with E-state index in [0.717, 1.165) is 10.9 Å². The fraction of sp³-hybridized carbons (Fsp3) is 0.320. The maximum Gasteiger partial charge on any atom is 0.242 e. The fourth-order valence-corrected chi connectivity index (χ4v) is 4.80. The van der Waals surface area contributed by atoms with Crippen LogP contribution in [-0.2, 0) is 19.6 Å². The van der Waals surface area contributed by atoms with Crippen LogP contribution in [0, 0.1) is 0 Å². The first-order valence-corrected chi connectivity index (χ1v) is 12.6. The van der Waals surface area contributed by atoms with E-state index in [0.29, 0.717) is 37.1 Å². The zero-order chi connectivity index (χ0) is 24.6. The highest BCUT2D eigenvalue weighted by atomic mass is 32.2. The molecule has 0 saturated heterocycles. The summed E-state index contributed by atoms with van der Waals surface area (Å²) in [6, 6.07) is 14.4. The Labute approximate surface area is 199 Å². The summed E-state index contributed by atoms with van der Waals surface area (Å²) in [5, 5.41) is 3.64. The Morgan fingerprint density at radius 1 is 1.03 bits per heavy atom. The summed E-state index contributed by atoms with van der Waals surface area (Å²) in [6.45, 7) is 1.54. The Morgan fingerprint density at radius 2 is 1.82 bits per heavy atom. The average Bonchev–Trinajstić information content (AvgIpc) is 2.82. The average molecular weight is 484 g/mol. The van der Waals surface area contributed by atoms with Crippen molar-refractivity contribution in [1.29, 1.82) is 0 Å². The molecule has 0 saturated carbocycles. The second-order valence-corrected chi connectivity index (χ2v) is 9.77. The number of unbranched alkanes of at least 4 members (excludes halogenated alkanes) is 2. The molecular formula is C25H29N3O5S. The number of pyridine rings is 1. The molecule has 1 atom stereocenters. The minimum absolute atomic E-state index is 0.00796. The van der Waals surface area contributed by atoms with Gasteiger partial charge >= 0.3 is 0 Å². The molecule has 0 aliphatic carbocycles. The number of amides is 1. The molecule has 34 heavy (non-hydrogen) atoms. The van der Waals surface area contributed by atoms with Gasteiger partial charge in [0.25, 0.3) is 0 Å². The highest BCUT2D eigenvalue weighted by Gasteiger charge is 2.26. The number of methoxy groups -OCH3 is 1. The van der Waals surface area contributed by atoms with Crippen LogP contribution < -0.4 is 14.8 Å². The third kappa shape index (κ3) is 7.10. The number of sulfonamides is 1. The molecule has 0 aliphatic rings.